The number of methoxy groups -OCH3 is 1. The van der Waals surface area contributed by atoms with Crippen LogP contribution >= 0.6 is 0 Å². The van der Waals surface area contributed by atoms with Gasteiger partial charge in [0.2, 0.25) is 0 Å². The molecule has 0 bridgehead atoms. The summed E-state index contributed by atoms with van der Waals surface area (Å²) >= 11 is 0. The second-order valence-electron chi connectivity index (χ2n) is 3.93. The van der Waals surface area contributed by atoms with Gasteiger partial charge in [0.05, 0.1) is 18.4 Å². The quantitative estimate of drug-likeness (QED) is 0.830. The van der Waals surface area contributed by atoms with Gasteiger partial charge >= 0.3 is 0 Å². The molecule has 0 saturated carbocycles. The standard InChI is InChI=1S/C13H20FNO2/c1-4-15(8-9-17-3)13-11(10(2)16)6-5-7-12(13)14/h5-7,10,16H,4,8-9H2,1-3H3/t10-/m0/s1. The summed E-state index contributed by atoms with van der Waals surface area (Å²) in [6.45, 7) is 5.40. The van der Waals surface area contributed by atoms with Crippen LogP contribution in [0.25, 0.3) is 0 Å². The van der Waals surface area contributed by atoms with Gasteiger partial charge in [-0.05, 0) is 19.9 Å². The minimum Gasteiger partial charge on any atom is -0.389 e. The zero-order valence-corrected chi connectivity index (χ0v) is 10.6. The molecule has 0 radical (unpaired) electrons. The molecule has 0 spiro atoms. The van der Waals surface area contributed by atoms with Crippen LogP contribution in [-0.2, 0) is 4.74 Å². The fourth-order valence-corrected chi connectivity index (χ4v) is 1.83. The van der Waals surface area contributed by atoms with Crippen molar-refractivity contribution in [1.29, 1.82) is 0 Å². The fraction of sp³-hybridized carbons (Fsp3) is 0.538. The molecule has 0 aliphatic rings. The van der Waals surface area contributed by atoms with E-state index in [-0.39, 0.29) is 5.82 Å². The number of aliphatic hydroxyl groups excluding tert-OH is 1. The van der Waals surface area contributed by atoms with Crippen molar-refractivity contribution in [2.45, 2.75) is 20.0 Å². The smallest absolute Gasteiger partial charge is 0.146 e. The van der Waals surface area contributed by atoms with Crippen LogP contribution in [0.3, 0.4) is 0 Å². The van der Waals surface area contributed by atoms with Crippen LogP contribution in [-0.4, -0.2) is 31.9 Å². The zero-order valence-electron chi connectivity index (χ0n) is 10.6. The van der Waals surface area contributed by atoms with Gasteiger partial charge < -0.3 is 14.7 Å². The van der Waals surface area contributed by atoms with E-state index in [4.69, 9.17) is 4.74 Å². The first kappa shape index (κ1) is 13.9. The van der Waals surface area contributed by atoms with E-state index in [9.17, 15) is 9.50 Å². The third-order valence-corrected chi connectivity index (χ3v) is 2.73. The van der Waals surface area contributed by atoms with E-state index in [1.54, 1.807) is 26.2 Å². The minimum absolute atomic E-state index is 0.304. The van der Waals surface area contributed by atoms with Gasteiger partial charge in [0.15, 0.2) is 0 Å². The predicted octanol–water partition coefficient (Wildman–Crippen LogP) is 2.35. The van der Waals surface area contributed by atoms with Crippen LogP contribution in [0.4, 0.5) is 10.1 Å². The van der Waals surface area contributed by atoms with E-state index in [0.29, 0.717) is 30.9 Å². The Labute approximate surface area is 102 Å². The Bertz CT molecular complexity index is 355. The molecule has 1 aromatic carbocycles. The van der Waals surface area contributed by atoms with E-state index < -0.39 is 6.10 Å². The van der Waals surface area contributed by atoms with Gasteiger partial charge in [-0.3, -0.25) is 0 Å². The molecule has 0 fully saturated rings. The van der Waals surface area contributed by atoms with Gasteiger partial charge in [0, 0.05) is 25.8 Å². The van der Waals surface area contributed by atoms with Gasteiger partial charge in [0.1, 0.15) is 5.82 Å². The first-order valence-electron chi connectivity index (χ1n) is 5.82. The van der Waals surface area contributed by atoms with Crippen LogP contribution in [0.5, 0.6) is 0 Å². The number of likely N-dealkylation sites (N-methyl/N-ethyl adjacent to an activating group) is 1. The van der Waals surface area contributed by atoms with Crippen molar-refractivity contribution in [2.75, 3.05) is 31.7 Å². The maximum Gasteiger partial charge on any atom is 0.146 e. The molecule has 0 saturated heterocycles. The highest BCUT2D eigenvalue weighted by molar-refractivity contribution is 5.55. The van der Waals surface area contributed by atoms with Crippen LogP contribution in [0.2, 0.25) is 0 Å². The molecule has 17 heavy (non-hydrogen) atoms. The highest BCUT2D eigenvalue weighted by atomic mass is 19.1. The fourth-order valence-electron chi connectivity index (χ4n) is 1.83. The monoisotopic (exact) mass is 241 g/mol. The molecule has 0 aromatic heterocycles. The minimum atomic E-state index is -0.683. The Morgan fingerprint density at radius 2 is 2.18 bits per heavy atom. The number of hydrogen-bond acceptors (Lipinski definition) is 3. The Balaban J connectivity index is 3.07. The summed E-state index contributed by atoms with van der Waals surface area (Å²) < 4.78 is 18.9. The molecule has 3 nitrogen and oxygen atoms in total. The van der Waals surface area contributed by atoms with E-state index in [2.05, 4.69) is 0 Å². The molecule has 1 N–H and O–H groups in total. The zero-order chi connectivity index (χ0) is 12.8. The van der Waals surface area contributed by atoms with Crippen molar-refractivity contribution in [2.24, 2.45) is 0 Å². The Morgan fingerprint density at radius 1 is 1.47 bits per heavy atom. The van der Waals surface area contributed by atoms with E-state index in [0.717, 1.165) is 0 Å². The summed E-state index contributed by atoms with van der Waals surface area (Å²) in [6, 6.07) is 4.78. The van der Waals surface area contributed by atoms with Gasteiger partial charge in [-0.2, -0.15) is 0 Å². The molecule has 1 aromatic rings. The van der Waals surface area contributed by atoms with Gasteiger partial charge in [0.25, 0.3) is 0 Å². The van der Waals surface area contributed by atoms with Crippen molar-refractivity contribution in [3.8, 4) is 0 Å². The molecule has 0 aliphatic carbocycles. The molecular formula is C13H20FNO2. The van der Waals surface area contributed by atoms with Crippen LogP contribution in [0.1, 0.15) is 25.5 Å². The third-order valence-electron chi connectivity index (χ3n) is 2.73. The lowest BCUT2D eigenvalue weighted by molar-refractivity contribution is 0.196. The van der Waals surface area contributed by atoms with Crippen molar-refractivity contribution < 1.29 is 14.2 Å². The summed E-state index contributed by atoms with van der Waals surface area (Å²) in [5.74, 6) is -0.304. The number of rotatable bonds is 6. The lowest BCUT2D eigenvalue weighted by Gasteiger charge is -2.26. The molecule has 96 valence electrons. The molecule has 0 unspecified atom stereocenters. The topological polar surface area (TPSA) is 32.7 Å². The summed E-state index contributed by atoms with van der Waals surface area (Å²) in [5, 5.41) is 9.67. The second kappa shape index (κ2) is 6.57. The molecule has 0 aliphatic heterocycles. The molecule has 0 amide bonds. The highest BCUT2D eigenvalue weighted by Gasteiger charge is 2.17. The summed E-state index contributed by atoms with van der Waals surface area (Å²) in [4.78, 5) is 1.88. The lowest BCUT2D eigenvalue weighted by Crippen LogP contribution is -2.29. The summed E-state index contributed by atoms with van der Waals surface area (Å²) in [5.41, 5.74) is 1.09. The first-order chi connectivity index (χ1) is 8.11. The number of anilines is 1. The summed E-state index contributed by atoms with van der Waals surface area (Å²) in [7, 11) is 1.62. The number of benzene rings is 1. The predicted molar refractivity (Wildman–Crippen MR) is 66.8 cm³/mol. The van der Waals surface area contributed by atoms with Gasteiger partial charge in [-0.15, -0.1) is 0 Å². The number of para-hydroxylation sites is 1. The number of halogens is 1. The Morgan fingerprint density at radius 3 is 2.71 bits per heavy atom. The van der Waals surface area contributed by atoms with Crippen molar-refractivity contribution in [3.05, 3.63) is 29.6 Å². The summed E-state index contributed by atoms with van der Waals surface area (Å²) in [6.07, 6.45) is -0.683. The van der Waals surface area contributed by atoms with E-state index >= 15 is 0 Å². The number of aliphatic hydroxyl groups is 1. The Hall–Kier alpha value is -1.13. The molecule has 1 atom stereocenters. The Kier molecular flexibility index (Phi) is 5.38. The average Bonchev–Trinajstić information content (AvgIpc) is 2.31. The largest absolute Gasteiger partial charge is 0.389 e. The first-order valence-corrected chi connectivity index (χ1v) is 5.82. The number of ether oxygens (including phenoxy) is 1. The van der Waals surface area contributed by atoms with Crippen LogP contribution < -0.4 is 4.90 Å². The van der Waals surface area contributed by atoms with Gasteiger partial charge in [-0.1, -0.05) is 12.1 Å². The average molecular weight is 241 g/mol. The SMILES string of the molecule is CCN(CCOC)c1c(F)cccc1[C@H](C)O. The maximum atomic E-state index is 13.9. The molecule has 1 rings (SSSR count). The lowest BCUT2D eigenvalue weighted by atomic mass is 10.1. The molecule has 0 heterocycles. The highest BCUT2D eigenvalue weighted by Crippen LogP contribution is 2.29. The van der Waals surface area contributed by atoms with Crippen molar-refractivity contribution in [3.63, 3.8) is 0 Å². The number of nitrogens with zero attached hydrogens (tertiary/aromatic N) is 1. The van der Waals surface area contributed by atoms with Crippen molar-refractivity contribution in [1.82, 2.24) is 0 Å². The van der Waals surface area contributed by atoms with Crippen LogP contribution in [0.15, 0.2) is 18.2 Å². The molecule has 4 heteroatoms. The van der Waals surface area contributed by atoms with Crippen LogP contribution in [0, 0.1) is 5.82 Å². The third kappa shape index (κ3) is 3.41. The normalized spacial score (nSPS) is 12.5. The van der Waals surface area contributed by atoms with Crippen molar-refractivity contribution >= 4 is 5.69 Å². The van der Waals surface area contributed by atoms with E-state index in [1.165, 1.54) is 6.07 Å². The van der Waals surface area contributed by atoms with E-state index in [1.807, 2.05) is 11.8 Å². The van der Waals surface area contributed by atoms with Gasteiger partial charge in [-0.25, -0.2) is 4.39 Å². The second-order valence-corrected chi connectivity index (χ2v) is 3.93. The number of hydrogen-bond donors (Lipinski definition) is 1. The molecular weight excluding hydrogens is 221 g/mol. The maximum absolute atomic E-state index is 13.9.